The van der Waals surface area contributed by atoms with Crippen LogP contribution in [0.3, 0.4) is 0 Å². The van der Waals surface area contributed by atoms with Crippen molar-refractivity contribution in [2.24, 2.45) is 7.05 Å². The highest BCUT2D eigenvalue weighted by atomic mass is 16.1. The molecule has 0 radical (unpaired) electrons. The first kappa shape index (κ1) is 13.1. The number of nitrogens with zero attached hydrogens (tertiary/aromatic N) is 2. The van der Waals surface area contributed by atoms with Crippen LogP contribution >= 0.6 is 0 Å². The Balaban J connectivity index is 1.97. The zero-order chi connectivity index (χ0) is 13.1. The third kappa shape index (κ3) is 2.75. The lowest BCUT2D eigenvalue weighted by Crippen LogP contribution is -2.47. The minimum absolute atomic E-state index is 0.0658. The van der Waals surface area contributed by atoms with Crippen LogP contribution in [-0.2, 0) is 7.05 Å². The summed E-state index contributed by atoms with van der Waals surface area (Å²) in [5.41, 5.74) is 1.82. The van der Waals surface area contributed by atoms with E-state index >= 15 is 0 Å². The number of carbonyl (C=O) groups excluding carboxylic acids is 1. The summed E-state index contributed by atoms with van der Waals surface area (Å²) in [6.45, 7) is 7.36. The number of aromatic nitrogens is 1. The number of likely N-dealkylation sites (tertiary alicyclic amines) is 1. The predicted molar refractivity (Wildman–Crippen MR) is 72.8 cm³/mol. The zero-order valence-corrected chi connectivity index (χ0v) is 11.6. The van der Waals surface area contributed by atoms with Crippen LogP contribution in [0.4, 0.5) is 0 Å². The number of hydrogen-bond donors (Lipinski definition) is 1. The summed E-state index contributed by atoms with van der Waals surface area (Å²) >= 11 is 0. The van der Waals surface area contributed by atoms with Crippen LogP contribution in [-0.4, -0.2) is 41.1 Å². The second-order valence-corrected chi connectivity index (χ2v) is 5.13. The lowest BCUT2D eigenvalue weighted by molar-refractivity contribution is 0.0905. The van der Waals surface area contributed by atoms with Crippen molar-refractivity contribution in [2.75, 3.05) is 19.6 Å². The lowest BCUT2D eigenvalue weighted by atomic mass is 10.1. The molecule has 1 N–H and O–H groups in total. The Labute approximate surface area is 109 Å². The van der Waals surface area contributed by atoms with Crippen LogP contribution in [0.1, 0.15) is 35.8 Å². The predicted octanol–water partition coefficient (Wildman–Crippen LogP) is 1.55. The maximum absolute atomic E-state index is 12.2. The van der Waals surface area contributed by atoms with Crippen molar-refractivity contribution in [1.82, 2.24) is 14.8 Å². The molecule has 0 saturated carbocycles. The van der Waals surface area contributed by atoms with Gasteiger partial charge in [0, 0.05) is 31.5 Å². The van der Waals surface area contributed by atoms with Gasteiger partial charge >= 0.3 is 0 Å². The van der Waals surface area contributed by atoms with Gasteiger partial charge in [-0.05, 0) is 38.9 Å². The second kappa shape index (κ2) is 5.57. The van der Waals surface area contributed by atoms with Gasteiger partial charge in [0.05, 0.1) is 5.56 Å². The number of aryl methyl sites for hydroxylation is 1. The van der Waals surface area contributed by atoms with Crippen molar-refractivity contribution >= 4 is 5.91 Å². The molecular weight excluding hydrogens is 226 g/mol. The van der Waals surface area contributed by atoms with Gasteiger partial charge in [0.1, 0.15) is 0 Å². The smallest absolute Gasteiger partial charge is 0.253 e. The molecule has 4 heteroatoms. The molecular formula is C14H23N3O. The lowest BCUT2D eigenvalue weighted by Gasteiger charge is -2.32. The fraction of sp³-hybridized carbons (Fsp3) is 0.643. The number of carbonyl (C=O) groups is 1. The topological polar surface area (TPSA) is 37.3 Å². The molecule has 0 unspecified atom stereocenters. The number of nitrogens with one attached hydrogen (secondary N) is 1. The minimum atomic E-state index is 0.0658. The van der Waals surface area contributed by atoms with Crippen LogP contribution in [0.25, 0.3) is 0 Å². The Morgan fingerprint density at radius 3 is 2.94 bits per heavy atom. The van der Waals surface area contributed by atoms with Gasteiger partial charge in [-0.3, -0.25) is 4.79 Å². The van der Waals surface area contributed by atoms with Gasteiger partial charge in [0.25, 0.3) is 5.91 Å². The Morgan fingerprint density at radius 2 is 2.33 bits per heavy atom. The van der Waals surface area contributed by atoms with Crippen molar-refractivity contribution in [2.45, 2.75) is 32.7 Å². The second-order valence-electron chi connectivity index (χ2n) is 5.13. The van der Waals surface area contributed by atoms with Gasteiger partial charge < -0.3 is 14.8 Å². The Bertz CT molecular complexity index is 425. The molecule has 0 aromatic carbocycles. The third-order valence-electron chi connectivity index (χ3n) is 3.92. The number of hydrogen-bond acceptors (Lipinski definition) is 2. The van der Waals surface area contributed by atoms with Gasteiger partial charge in [-0.1, -0.05) is 6.92 Å². The number of piperidine rings is 1. The summed E-state index contributed by atoms with van der Waals surface area (Å²) in [6.07, 6.45) is 4.20. The van der Waals surface area contributed by atoms with Crippen LogP contribution in [0.2, 0.25) is 0 Å². The molecule has 1 aliphatic heterocycles. The third-order valence-corrected chi connectivity index (χ3v) is 3.92. The van der Waals surface area contributed by atoms with Crippen LogP contribution in [0, 0.1) is 6.92 Å². The Morgan fingerprint density at radius 1 is 1.56 bits per heavy atom. The molecule has 1 aliphatic rings. The van der Waals surface area contributed by atoms with E-state index in [9.17, 15) is 4.79 Å². The number of rotatable bonds is 3. The molecule has 0 aliphatic carbocycles. The number of amides is 1. The first-order valence-corrected chi connectivity index (χ1v) is 6.77. The van der Waals surface area contributed by atoms with E-state index in [0.29, 0.717) is 6.04 Å². The highest BCUT2D eigenvalue weighted by Crippen LogP contribution is 2.12. The Kier molecular flexibility index (Phi) is 4.07. The van der Waals surface area contributed by atoms with Crippen LogP contribution < -0.4 is 5.32 Å². The normalized spacial score (nSPS) is 20.9. The average Bonchev–Trinajstić information content (AvgIpc) is 2.70. The van der Waals surface area contributed by atoms with E-state index in [4.69, 9.17) is 0 Å². The highest BCUT2D eigenvalue weighted by Gasteiger charge is 2.21. The van der Waals surface area contributed by atoms with Crippen molar-refractivity contribution in [3.05, 3.63) is 23.5 Å². The summed E-state index contributed by atoms with van der Waals surface area (Å²) in [7, 11) is 1.96. The number of likely N-dealkylation sites (N-methyl/N-ethyl adjacent to an activating group) is 1. The molecule has 1 atom stereocenters. The van der Waals surface area contributed by atoms with Gasteiger partial charge in [-0.15, -0.1) is 0 Å². The fourth-order valence-corrected chi connectivity index (χ4v) is 2.57. The maximum atomic E-state index is 12.2. The van der Waals surface area contributed by atoms with Crippen molar-refractivity contribution in [1.29, 1.82) is 0 Å². The van der Waals surface area contributed by atoms with Crippen LogP contribution in [0.5, 0.6) is 0 Å². The van der Waals surface area contributed by atoms with Crippen molar-refractivity contribution in [3.8, 4) is 0 Å². The van der Waals surface area contributed by atoms with E-state index in [-0.39, 0.29) is 5.91 Å². The molecule has 0 bridgehead atoms. The average molecular weight is 249 g/mol. The molecule has 18 heavy (non-hydrogen) atoms. The summed E-state index contributed by atoms with van der Waals surface area (Å²) in [6, 6.07) is 2.19. The molecule has 1 fully saturated rings. The molecule has 100 valence electrons. The van der Waals surface area contributed by atoms with E-state index in [1.54, 1.807) is 0 Å². The van der Waals surface area contributed by atoms with E-state index in [0.717, 1.165) is 37.3 Å². The molecule has 2 rings (SSSR count). The SMILES string of the molecule is CCN1CCC[C@H](NC(=O)c2ccn(C)c2C)C1. The summed E-state index contributed by atoms with van der Waals surface area (Å²) in [5, 5.41) is 3.16. The summed E-state index contributed by atoms with van der Waals surface area (Å²) < 4.78 is 1.98. The monoisotopic (exact) mass is 249 g/mol. The Hall–Kier alpha value is -1.29. The summed E-state index contributed by atoms with van der Waals surface area (Å²) in [5.74, 6) is 0.0658. The molecule has 1 aromatic rings. The van der Waals surface area contributed by atoms with Gasteiger partial charge in [0.15, 0.2) is 0 Å². The molecule has 2 heterocycles. The first-order valence-electron chi connectivity index (χ1n) is 6.77. The van der Waals surface area contributed by atoms with E-state index in [1.807, 2.05) is 30.8 Å². The standard InChI is InChI=1S/C14H23N3O/c1-4-17-8-5-6-12(10-17)15-14(18)13-7-9-16(3)11(13)2/h7,9,12H,4-6,8,10H2,1-3H3,(H,15,18)/t12-/m0/s1. The van der Waals surface area contributed by atoms with Crippen LogP contribution in [0.15, 0.2) is 12.3 Å². The van der Waals surface area contributed by atoms with Gasteiger partial charge in [0.2, 0.25) is 0 Å². The maximum Gasteiger partial charge on any atom is 0.253 e. The van der Waals surface area contributed by atoms with E-state index in [2.05, 4.69) is 17.1 Å². The highest BCUT2D eigenvalue weighted by molar-refractivity contribution is 5.95. The van der Waals surface area contributed by atoms with E-state index in [1.165, 1.54) is 6.42 Å². The largest absolute Gasteiger partial charge is 0.354 e. The molecule has 1 amide bonds. The summed E-state index contributed by atoms with van der Waals surface area (Å²) in [4.78, 5) is 14.6. The van der Waals surface area contributed by atoms with Crippen molar-refractivity contribution in [3.63, 3.8) is 0 Å². The molecule has 1 aromatic heterocycles. The quantitative estimate of drug-likeness (QED) is 0.882. The van der Waals surface area contributed by atoms with E-state index < -0.39 is 0 Å². The fourth-order valence-electron chi connectivity index (χ4n) is 2.57. The van der Waals surface area contributed by atoms with Crippen molar-refractivity contribution < 1.29 is 4.79 Å². The van der Waals surface area contributed by atoms with Gasteiger partial charge in [-0.2, -0.15) is 0 Å². The molecule has 0 spiro atoms. The molecule has 4 nitrogen and oxygen atoms in total. The first-order chi connectivity index (χ1) is 8.61. The van der Waals surface area contributed by atoms with Gasteiger partial charge in [-0.25, -0.2) is 0 Å². The molecule has 1 saturated heterocycles. The minimum Gasteiger partial charge on any atom is -0.354 e. The zero-order valence-electron chi connectivity index (χ0n) is 11.6.